The zero-order valence-electron chi connectivity index (χ0n) is 12.7. The van der Waals surface area contributed by atoms with Crippen molar-refractivity contribution in [3.05, 3.63) is 11.6 Å². The largest absolute Gasteiger partial charge is 0.345 e. The van der Waals surface area contributed by atoms with Crippen molar-refractivity contribution >= 4 is 22.5 Å². The van der Waals surface area contributed by atoms with Gasteiger partial charge in [0.2, 0.25) is 0 Å². The van der Waals surface area contributed by atoms with Gasteiger partial charge in [-0.25, -0.2) is 9.78 Å². The van der Waals surface area contributed by atoms with Crippen LogP contribution in [0.15, 0.2) is 11.6 Å². The molecule has 2 rings (SSSR count). The van der Waals surface area contributed by atoms with Gasteiger partial charge in [0.05, 0.1) is 0 Å². The molecule has 1 aromatic heterocycles. The summed E-state index contributed by atoms with van der Waals surface area (Å²) in [4.78, 5) is 23.1. The maximum Gasteiger partial charge on any atom is 0.320 e. The molecule has 6 heteroatoms. The number of hydrogen-bond acceptors (Lipinski definition) is 4. The highest BCUT2D eigenvalue weighted by atomic mass is 32.1. The molecular weight excluding hydrogens is 272 g/mol. The number of urea groups is 1. The van der Waals surface area contributed by atoms with E-state index >= 15 is 0 Å². The number of nitrogens with zero attached hydrogens (tertiary/aromatic N) is 4. The molecule has 0 saturated carbocycles. The van der Waals surface area contributed by atoms with Crippen molar-refractivity contribution in [2.75, 3.05) is 31.1 Å². The number of amides is 2. The highest BCUT2D eigenvalue weighted by molar-refractivity contribution is 7.13. The summed E-state index contributed by atoms with van der Waals surface area (Å²) in [5, 5.41) is 3.05. The van der Waals surface area contributed by atoms with Gasteiger partial charge < -0.3 is 14.7 Å². The number of thiazole rings is 1. The van der Waals surface area contributed by atoms with E-state index in [1.807, 2.05) is 21.4 Å². The highest BCUT2D eigenvalue weighted by Crippen LogP contribution is 2.20. The summed E-state index contributed by atoms with van der Waals surface area (Å²) in [6, 6.07) is 0.632. The zero-order chi connectivity index (χ0) is 14.7. The van der Waals surface area contributed by atoms with Gasteiger partial charge in [-0.2, -0.15) is 0 Å². The first-order valence-electron chi connectivity index (χ1n) is 7.22. The maximum atomic E-state index is 12.6. The minimum absolute atomic E-state index is 0.161. The number of anilines is 1. The standard InChI is InChI=1S/C14H24N4OS/c1-11(2)18(12(3)4)14(19)17-8-6-16(7-9-17)13-15-5-10-20-13/h5,10-12H,6-9H2,1-4H3. The molecule has 0 aliphatic carbocycles. The lowest BCUT2D eigenvalue weighted by molar-refractivity contribution is 0.122. The predicted molar refractivity (Wildman–Crippen MR) is 83.4 cm³/mol. The fourth-order valence-corrected chi connectivity index (χ4v) is 3.36. The van der Waals surface area contributed by atoms with E-state index in [0.717, 1.165) is 31.3 Å². The fraction of sp³-hybridized carbons (Fsp3) is 0.714. The van der Waals surface area contributed by atoms with E-state index in [-0.39, 0.29) is 18.1 Å². The van der Waals surface area contributed by atoms with Crippen LogP contribution in [0.3, 0.4) is 0 Å². The predicted octanol–water partition coefficient (Wildman–Crippen LogP) is 2.50. The minimum atomic E-state index is 0.161. The van der Waals surface area contributed by atoms with E-state index in [4.69, 9.17) is 0 Å². The molecule has 1 aromatic rings. The van der Waals surface area contributed by atoms with Gasteiger partial charge in [0.15, 0.2) is 5.13 Å². The van der Waals surface area contributed by atoms with E-state index in [9.17, 15) is 4.79 Å². The number of piperazine rings is 1. The van der Waals surface area contributed by atoms with Crippen molar-refractivity contribution < 1.29 is 4.79 Å². The number of carbonyl (C=O) groups excluding carboxylic acids is 1. The molecule has 5 nitrogen and oxygen atoms in total. The lowest BCUT2D eigenvalue weighted by Crippen LogP contribution is -2.55. The minimum Gasteiger partial charge on any atom is -0.345 e. The Morgan fingerprint density at radius 1 is 1.20 bits per heavy atom. The Morgan fingerprint density at radius 3 is 2.25 bits per heavy atom. The number of hydrogen-bond donors (Lipinski definition) is 0. The lowest BCUT2D eigenvalue weighted by atomic mass is 10.2. The van der Waals surface area contributed by atoms with Gasteiger partial charge in [-0.3, -0.25) is 0 Å². The summed E-state index contributed by atoms with van der Waals surface area (Å²) >= 11 is 1.66. The van der Waals surface area contributed by atoms with Crippen LogP contribution in [0.2, 0.25) is 0 Å². The van der Waals surface area contributed by atoms with Crippen molar-refractivity contribution in [1.29, 1.82) is 0 Å². The Balaban J connectivity index is 1.94. The monoisotopic (exact) mass is 296 g/mol. The van der Waals surface area contributed by atoms with Crippen LogP contribution >= 0.6 is 11.3 Å². The summed E-state index contributed by atoms with van der Waals surface area (Å²) in [6.07, 6.45) is 1.83. The van der Waals surface area contributed by atoms with Crippen LogP contribution in [0.25, 0.3) is 0 Å². The second-order valence-electron chi connectivity index (χ2n) is 5.67. The highest BCUT2D eigenvalue weighted by Gasteiger charge is 2.28. The van der Waals surface area contributed by atoms with Crippen LogP contribution < -0.4 is 4.90 Å². The zero-order valence-corrected chi connectivity index (χ0v) is 13.6. The third-order valence-electron chi connectivity index (χ3n) is 3.57. The molecule has 0 bridgehead atoms. The van der Waals surface area contributed by atoms with Crippen molar-refractivity contribution in [2.45, 2.75) is 39.8 Å². The van der Waals surface area contributed by atoms with Crippen LogP contribution in [-0.4, -0.2) is 59.1 Å². The normalized spacial score (nSPS) is 16.1. The number of aromatic nitrogens is 1. The molecule has 112 valence electrons. The van der Waals surface area contributed by atoms with Gasteiger partial charge in [-0.15, -0.1) is 11.3 Å². The lowest BCUT2D eigenvalue weighted by Gasteiger charge is -2.40. The summed E-state index contributed by atoms with van der Waals surface area (Å²) in [6.45, 7) is 11.6. The molecule has 0 unspecified atom stereocenters. The molecule has 1 saturated heterocycles. The first kappa shape index (κ1) is 15.1. The van der Waals surface area contributed by atoms with E-state index in [1.54, 1.807) is 11.3 Å². The number of rotatable bonds is 3. The van der Waals surface area contributed by atoms with Crippen molar-refractivity contribution in [1.82, 2.24) is 14.8 Å². The van der Waals surface area contributed by atoms with E-state index in [2.05, 4.69) is 37.6 Å². The number of carbonyl (C=O) groups is 1. The van der Waals surface area contributed by atoms with Gasteiger partial charge in [0.25, 0.3) is 0 Å². The maximum absolute atomic E-state index is 12.6. The topological polar surface area (TPSA) is 39.7 Å². The quantitative estimate of drug-likeness (QED) is 0.860. The molecule has 0 N–H and O–H groups in total. The summed E-state index contributed by atoms with van der Waals surface area (Å²) in [5.74, 6) is 0. The first-order chi connectivity index (χ1) is 9.50. The van der Waals surface area contributed by atoms with E-state index in [1.165, 1.54) is 0 Å². The summed E-state index contributed by atoms with van der Waals surface area (Å²) in [5.41, 5.74) is 0. The Bertz CT molecular complexity index is 416. The fourth-order valence-electron chi connectivity index (χ4n) is 2.66. The van der Waals surface area contributed by atoms with Crippen LogP contribution in [0.5, 0.6) is 0 Å². The van der Waals surface area contributed by atoms with Crippen LogP contribution in [0.1, 0.15) is 27.7 Å². The van der Waals surface area contributed by atoms with Crippen molar-refractivity contribution in [3.63, 3.8) is 0 Å². The molecule has 2 heterocycles. The SMILES string of the molecule is CC(C)N(C(=O)N1CCN(c2nccs2)CC1)C(C)C. The molecule has 0 spiro atoms. The van der Waals surface area contributed by atoms with Gasteiger partial charge in [-0.1, -0.05) is 0 Å². The molecule has 1 aliphatic heterocycles. The molecule has 1 aliphatic rings. The average Bonchev–Trinajstić information content (AvgIpc) is 2.91. The summed E-state index contributed by atoms with van der Waals surface area (Å²) < 4.78 is 0. The van der Waals surface area contributed by atoms with Gasteiger partial charge in [-0.05, 0) is 27.7 Å². The average molecular weight is 296 g/mol. The Kier molecular flexibility index (Phi) is 4.86. The Hall–Kier alpha value is -1.30. The van der Waals surface area contributed by atoms with Crippen LogP contribution in [0, 0.1) is 0 Å². The first-order valence-corrected chi connectivity index (χ1v) is 8.10. The summed E-state index contributed by atoms with van der Waals surface area (Å²) in [7, 11) is 0. The van der Waals surface area contributed by atoms with E-state index < -0.39 is 0 Å². The van der Waals surface area contributed by atoms with Gasteiger partial charge in [0.1, 0.15) is 0 Å². The van der Waals surface area contributed by atoms with Crippen LogP contribution in [0.4, 0.5) is 9.93 Å². The van der Waals surface area contributed by atoms with Gasteiger partial charge >= 0.3 is 6.03 Å². The van der Waals surface area contributed by atoms with Crippen LogP contribution in [-0.2, 0) is 0 Å². The van der Waals surface area contributed by atoms with Crippen molar-refractivity contribution in [2.24, 2.45) is 0 Å². The van der Waals surface area contributed by atoms with E-state index in [0.29, 0.717) is 0 Å². The molecule has 0 aromatic carbocycles. The smallest absolute Gasteiger partial charge is 0.320 e. The Morgan fingerprint density at radius 2 is 1.80 bits per heavy atom. The Labute approximate surface area is 125 Å². The third-order valence-corrected chi connectivity index (χ3v) is 4.41. The molecule has 20 heavy (non-hydrogen) atoms. The second kappa shape index (κ2) is 6.43. The van der Waals surface area contributed by atoms with Gasteiger partial charge in [0, 0.05) is 49.8 Å². The molecule has 0 atom stereocenters. The van der Waals surface area contributed by atoms with Crippen molar-refractivity contribution in [3.8, 4) is 0 Å². The molecule has 1 fully saturated rings. The molecule has 0 radical (unpaired) electrons. The molecular formula is C14H24N4OS. The second-order valence-corrected chi connectivity index (χ2v) is 6.54. The molecule has 2 amide bonds. The third kappa shape index (κ3) is 3.23.